The number of halogens is 1. The monoisotopic (exact) mass is 434 g/mol. The lowest BCUT2D eigenvalue weighted by molar-refractivity contribution is -0.00550. The fraction of sp³-hybridized carbons (Fsp3) is 0.450. The van der Waals surface area contributed by atoms with Gasteiger partial charge in [-0.15, -0.1) is 11.3 Å². The van der Waals surface area contributed by atoms with Gasteiger partial charge in [-0.3, -0.25) is 4.79 Å². The second kappa shape index (κ2) is 7.93. The third-order valence-electron chi connectivity index (χ3n) is 4.99. The number of ether oxygens (including phenoxy) is 1. The number of nitrogens with zero attached hydrogens (tertiary/aromatic N) is 4. The number of fused-ring (bicyclic) bond motifs is 1. The van der Waals surface area contributed by atoms with Crippen LogP contribution in [0.4, 0.5) is 10.1 Å². The zero-order valence-electron chi connectivity index (χ0n) is 17.2. The number of morpholine rings is 1. The van der Waals surface area contributed by atoms with Crippen LogP contribution in [0.2, 0.25) is 0 Å². The topological polar surface area (TPSA) is 91.9 Å². The Kier molecular flexibility index (Phi) is 5.48. The van der Waals surface area contributed by atoms with E-state index in [9.17, 15) is 9.90 Å². The van der Waals surface area contributed by atoms with Crippen LogP contribution in [0, 0.1) is 5.82 Å². The van der Waals surface area contributed by atoms with Crippen LogP contribution in [0.1, 0.15) is 29.1 Å². The lowest BCUT2D eigenvalue weighted by Crippen LogP contribution is -2.46. The normalized spacial score (nSPS) is 19.5. The molecule has 3 aromatic rings. The smallest absolute Gasteiger partial charge is 0.265 e. The van der Waals surface area contributed by atoms with Gasteiger partial charge in [0.1, 0.15) is 9.88 Å². The highest BCUT2D eigenvalue weighted by Crippen LogP contribution is 2.38. The third-order valence-corrected chi connectivity index (χ3v) is 5.98. The van der Waals surface area contributed by atoms with Crippen LogP contribution in [0.25, 0.3) is 21.7 Å². The maximum Gasteiger partial charge on any atom is 0.265 e. The summed E-state index contributed by atoms with van der Waals surface area (Å²) in [5.74, 6) is -0.746. The maximum absolute atomic E-state index is 15.5. The number of aromatic nitrogens is 2. The molecule has 2 atom stereocenters. The van der Waals surface area contributed by atoms with E-state index in [1.807, 2.05) is 18.7 Å². The minimum atomic E-state index is -0.572. The van der Waals surface area contributed by atoms with E-state index < -0.39 is 5.82 Å². The molecule has 30 heavy (non-hydrogen) atoms. The molecule has 1 aliphatic heterocycles. The molecular weight excluding hydrogens is 411 g/mol. The molecule has 1 fully saturated rings. The second-order valence-corrected chi connectivity index (χ2v) is 8.69. The van der Waals surface area contributed by atoms with Gasteiger partial charge in [-0.2, -0.15) is 0 Å². The summed E-state index contributed by atoms with van der Waals surface area (Å²) in [6, 6.07) is 1.68. The van der Waals surface area contributed by atoms with E-state index in [0.29, 0.717) is 45.3 Å². The van der Waals surface area contributed by atoms with Crippen molar-refractivity contribution in [2.24, 2.45) is 0 Å². The molecule has 2 aromatic heterocycles. The molecule has 0 aliphatic carbocycles. The first-order chi connectivity index (χ1) is 14.3. The largest absolute Gasteiger partial charge is 0.392 e. The molecule has 4 rings (SSSR count). The highest BCUT2D eigenvalue weighted by molar-refractivity contribution is 7.17. The van der Waals surface area contributed by atoms with Gasteiger partial charge in [0.2, 0.25) is 5.58 Å². The van der Waals surface area contributed by atoms with Gasteiger partial charge in [0.05, 0.1) is 36.1 Å². The average Bonchev–Trinajstić information content (AvgIpc) is 3.33. The molecule has 1 aliphatic rings. The van der Waals surface area contributed by atoms with Crippen LogP contribution in [0.15, 0.2) is 16.8 Å². The number of thiazole rings is 1. The Morgan fingerprint density at radius 3 is 2.70 bits per heavy atom. The predicted molar refractivity (Wildman–Crippen MR) is 111 cm³/mol. The fourth-order valence-corrected chi connectivity index (χ4v) is 4.69. The van der Waals surface area contributed by atoms with E-state index in [-0.39, 0.29) is 30.3 Å². The van der Waals surface area contributed by atoms with Crippen molar-refractivity contribution in [1.82, 2.24) is 15.0 Å². The van der Waals surface area contributed by atoms with E-state index >= 15 is 4.39 Å². The molecule has 0 radical (unpaired) electrons. The van der Waals surface area contributed by atoms with Crippen LogP contribution in [-0.2, 0) is 11.3 Å². The SMILES string of the molecule is C[C@@H]1CN(c2c(CO)cc3c(-c4ncc(C(=O)N(C)C)s4)noc3c2F)C[C@H](C)O1. The zero-order valence-corrected chi connectivity index (χ0v) is 18.0. The quantitative estimate of drug-likeness (QED) is 0.675. The Labute approximate surface area is 176 Å². The van der Waals surface area contributed by atoms with Crippen molar-refractivity contribution in [3.05, 3.63) is 28.5 Å². The molecule has 1 N–H and O–H groups in total. The lowest BCUT2D eigenvalue weighted by atomic mass is 10.1. The Hall–Kier alpha value is -2.56. The number of hydrogen-bond acceptors (Lipinski definition) is 8. The van der Waals surface area contributed by atoms with E-state index in [2.05, 4.69) is 10.1 Å². The summed E-state index contributed by atoms with van der Waals surface area (Å²) in [6.07, 6.45) is 1.34. The summed E-state index contributed by atoms with van der Waals surface area (Å²) in [7, 11) is 3.32. The maximum atomic E-state index is 15.5. The summed E-state index contributed by atoms with van der Waals surface area (Å²) < 4.78 is 26.6. The predicted octanol–water partition coefficient (Wildman–Crippen LogP) is 2.90. The molecule has 0 spiro atoms. The van der Waals surface area contributed by atoms with Gasteiger partial charge in [0.25, 0.3) is 5.91 Å². The standard InChI is InChI=1S/C20H23FN4O4S/c1-10-7-25(8-11(2)28-10)17-12(9-26)5-13-16(23-29-18(13)15(17)21)19-22-6-14(30-19)20(27)24(3)4/h5-6,10-11,26H,7-9H2,1-4H3/t10-,11+. The molecule has 0 bridgehead atoms. The molecule has 1 amide bonds. The summed E-state index contributed by atoms with van der Waals surface area (Å²) >= 11 is 1.16. The zero-order chi connectivity index (χ0) is 21.6. The number of hydrogen-bond donors (Lipinski definition) is 1. The Morgan fingerprint density at radius 2 is 2.07 bits per heavy atom. The second-order valence-electron chi connectivity index (χ2n) is 7.66. The molecule has 160 valence electrons. The Bertz CT molecular complexity index is 1090. The number of aliphatic hydroxyl groups is 1. The van der Waals surface area contributed by atoms with Crippen molar-refractivity contribution in [1.29, 1.82) is 0 Å². The number of rotatable bonds is 4. The van der Waals surface area contributed by atoms with Gasteiger partial charge in [-0.1, -0.05) is 5.16 Å². The van der Waals surface area contributed by atoms with Crippen LogP contribution in [-0.4, -0.2) is 65.4 Å². The van der Waals surface area contributed by atoms with Gasteiger partial charge >= 0.3 is 0 Å². The summed E-state index contributed by atoms with van der Waals surface area (Å²) in [4.78, 5) is 20.2. The van der Waals surface area contributed by atoms with Crippen LogP contribution < -0.4 is 4.90 Å². The molecule has 0 unspecified atom stereocenters. The van der Waals surface area contributed by atoms with Crippen molar-refractivity contribution in [3.8, 4) is 10.7 Å². The number of carbonyl (C=O) groups excluding carboxylic acids is 1. The van der Waals surface area contributed by atoms with Gasteiger partial charge in [0.15, 0.2) is 11.5 Å². The Morgan fingerprint density at radius 1 is 1.37 bits per heavy atom. The van der Waals surface area contributed by atoms with E-state index in [1.165, 1.54) is 11.1 Å². The van der Waals surface area contributed by atoms with Crippen LogP contribution >= 0.6 is 11.3 Å². The molecule has 1 aromatic carbocycles. The minimum Gasteiger partial charge on any atom is -0.392 e. The summed E-state index contributed by atoms with van der Waals surface area (Å²) in [6.45, 7) is 4.53. The van der Waals surface area contributed by atoms with Gasteiger partial charge in [-0.25, -0.2) is 9.37 Å². The van der Waals surface area contributed by atoms with E-state index in [1.54, 1.807) is 20.2 Å². The fourth-order valence-electron chi connectivity index (χ4n) is 3.76. The van der Waals surface area contributed by atoms with Crippen LogP contribution in [0.5, 0.6) is 0 Å². The summed E-state index contributed by atoms with van der Waals surface area (Å²) in [5, 5.41) is 14.8. The lowest BCUT2D eigenvalue weighted by Gasteiger charge is -2.37. The number of aliphatic hydroxyl groups excluding tert-OH is 1. The molecular formula is C20H23FN4O4S. The van der Waals surface area contributed by atoms with Crippen molar-refractivity contribution >= 4 is 33.9 Å². The van der Waals surface area contributed by atoms with Gasteiger partial charge in [-0.05, 0) is 19.9 Å². The average molecular weight is 434 g/mol. The van der Waals surface area contributed by atoms with Gasteiger partial charge < -0.3 is 24.2 Å². The first-order valence-electron chi connectivity index (χ1n) is 9.60. The molecule has 3 heterocycles. The minimum absolute atomic E-state index is 0.000293. The highest BCUT2D eigenvalue weighted by Gasteiger charge is 2.30. The number of amides is 1. The number of carbonyl (C=O) groups is 1. The third kappa shape index (κ3) is 3.55. The molecule has 0 saturated carbocycles. The molecule has 10 heteroatoms. The van der Waals surface area contributed by atoms with E-state index in [4.69, 9.17) is 9.26 Å². The van der Waals surface area contributed by atoms with Crippen molar-refractivity contribution in [2.45, 2.75) is 32.7 Å². The van der Waals surface area contributed by atoms with Crippen molar-refractivity contribution in [3.63, 3.8) is 0 Å². The van der Waals surface area contributed by atoms with Gasteiger partial charge in [0, 0.05) is 32.7 Å². The summed E-state index contributed by atoms with van der Waals surface area (Å²) in [5.41, 5.74) is 1.08. The van der Waals surface area contributed by atoms with E-state index in [0.717, 1.165) is 11.3 Å². The van der Waals surface area contributed by atoms with Crippen molar-refractivity contribution < 1.29 is 23.6 Å². The van der Waals surface area contributed by atoms with Crippen molar-refractivity contribution in [2.75, 3.05) is 32.1 Å². The molecule has 8 nitrogen and oxygen atoms in total. The molecule has 1 saturated heterocycles. The number of anilines is 1. The number of benzene rings is 1. The van der Waals surface area contributed by atoms with Crippen LogP contribution in [0.3, 0.4) is 0 Å². The highest BCUT2D eigenvalue weighted by atomic mass is 32.1. The Balaban J connectivity index is 1.79. The first kappa shape index (κ1) is 20.7. The first-order valence-corrected chi connectivity index (χ1v) is 10.4.